The molecule has 1 aliphatic rings. The molecule has 8 heteroatoms. The molecule has 1 amide bonds. The molecule has 1 saturated heterocycles. The number of amides is 1. The molecule has 150 valence electrons. The van der Waals surface area contributed by atoms with E-state index in [1.165, 1.54) is 6.07 Å². The number of halogens is 2. The van der Waals surface area contributed by atoms with Crippen molar-refractivity contribution in [2.45, 2.75) is 19.4 Å². The molecular weight excluding hydrogens is 378 g/mol. The van der Waals surface area contributed by atoms with E-state index in [1.54, 1.807) is 0 Å². The quantitative estimate of drug-likeness (QED) is 0.707. The van der Waals surface area contributed by atoms with E-state index in [-0.39, 0.29) is 17.5 Å². The molecule has 2 aromatic carbocycles. The van der Waals surface area contributed by atoms with Crippen molar-refractivity contribution in [1.82, 2.24) is 15.0 Å². The van der Waals surface area contributed by atoms with Gasteiger partial charge in [-0.1, -0.05) is 35.5 Å². The van der Waals surface area contributed by atoms with Crippen LogP contribution in [0.5, 0.6) is 0 Å². The smallest absolute Gasteiger partial charge is 0.241 e. The van der Waals surface area contributed by atoms with Gasteiger partial charge in [0.15, 0.2) is 11.6 Å². The molecule has 0 spiro atoms. The summed E-state index contributed by atoms with van der Waals surface area (Å²) in [5.41, 5.74) is 1.13. The largest absolute Gasteiger partial charge is 0.338 e. The monoisotopic (exact) mass is 398 g/mol. The third-order valence-corrected chi connectivity index (χ3v) is 4.92. The van der Waals surface area contributed by atoms with Crippen molar-refractivity contribution in [3.63, 3.8) is 0 Å². The number of benzene rings is 2. The van der Waals surface area contributed by atoms with Crippen LogP contribution in [0.1, 0.15) is 18.7 Å². The first-order valence-electron chi connectivity index (χ1n) is 9.45. The number of anilines is 1. The molecule has 29 heavy (non-hydrogen) atoms. The number of likely N-dealkylation sites (tertiary alicyclic amines) is 1. The van der Waals surface area contributed by atoms with E-state index in [1.807, 2.05) is 30.3 Å². The normalized spacial score (nSPS) is 17.2. The number of nitrogens with one attached hydrogen (secondary N) is 1. The van der Waals surface area contributed by atoms with Gasteiger partial charge in [0, 0.05) is 23.9 Å². The average molecular weight is 398 g/mol. The Bertz CT molecular complexity index is 993. The summed E-state index contributed by atoms with van der Waals surface area (Å²) in [6.45, 7) is 1.80. The Morgan fingerprint density at radius 1 is 1.17 bits per heavy atom. The molecule has 0 radical (unpaired) electrons. The van der Waals surface area contributed by atoms with Crippen molar-refractivity contribution in [2.24, 2.45) is 5.92 Å². The first kappa shape index (κ1) is 19.2. The Balaban J connectivity index is 1.36. The lowest BCUT2D eigenvalue weighted by molar-refractivity contribution is -0.121. The lowest BCUT2D eigenvalue weighted by Crippen LogP contribution is -2.40. The first-order valence-corrected chi connectivity index (χ1v) is 9.45. The summed E-state index contributed by atoms with van der Waals surface area (Å²) < 4.78 is 31.7. The number of piperidine rings is 1. The van der Waals surface area contributed by atoms with Crippen LogP contribution in [0.2, 0.25) is 0 Å². The van der Waals surface area contributed by atoms with E-state index >= 15 is 0 Å². The highest BCUT2D eigenvalue weighted by Gasteiger charge is 2.27. The van der Waals surface area contributed by atoms with Crippen molar-refractivity contribution in [3.8, 4) is 11.4 Å². The molecule has 1 unspecified atom stereocenters. The first-order chi connectivity index (χ1) is 14.1. The maximum atomic E-state index is 13.3. The third-order valence-electron chi connectivity index (χ3n) is 4.92. The maximum absolute atomic E-state index is 13.3. The van der Waals surface area contributed by atoms with Gasteiger partial charge in [-0.2, -0.15) is 4.98 Å². The Hall–Kier alpha value is -3.13. The standard InChI is InChI=1S/C21H20F2N4O2/c22-17-9-8-16(11-18(17)23)24-21(28)15-7-4-10-27(12-15)13-19-25-20(26-29-19)14-5-2-1-3-6-14/h1-3,5-6,8-9,11,15H,4,7,10,12-13H2,(H,24,28). The zero-order valence-electron chi connectivity index (χ0n) is 15.6. The van der Waals surface area contributed by atoms with E-state index in [4.69, 9.17) is 4.52 Å². The molecule has 4 rings (SSSR count). The Morgan fingerprint density at radius 2 is 2.00 bits per heavy atom. The molecule has 1 fully saturated rings. The molecule has 0 bridgehead atoms. The minimum atomic E-state index is -0.987. The van der Waals surface area contributed by atoms with Crippen LogP contribution < -0.4 is 5.32 Å². The number of aromatic nitrogens is 2. The van der Waals surface area contributed by atoms with Crippen LogP contribution in [0.3, 0.4) is 0 Å². The molecule has 1 atom stereocenters. The van der Waals surface area contributed by atoms with Gasteiger partial charge in [0.25, 0.3) is 0 Å². The summed E-state index contributed by atoms with van der Waals surface area (Å²) in [5.74, 6) is -1.37. The highest BCUT2D eigenvalue weighted by molar-refractivity contribution is 5.92. The molecule has 6 nitrogen and oxygen atoms in total. The summed E-state index contributed by atoms with van der Waals surface area (Å²) in [4.78, 5) is 19.1. The van der Waals surface area contributed by atoms with Gasteiger partial charge < -0.3 is 9.84 Å². The van der Waals surface area contributed by atoms with Gasteiger partial charge in [-0.3, -0.25) is 9.69 Å². The van der Waals surface area contributed by atoms with Gasteiger partial charge in [-0.25, -0.2) is 8.78 Å². The number of hydrogen-bond acceptors (Lipinski definition) is 5. The fourth-order valence-electron chi connectivity index (χ4n) is 3.45. The van der Waals surface area contributed by atoms with Crippen LogP contribution in [0.15, 0.2) is 53.1 Å². The fourth-order valence-corrected chi connectivity index (χ4v) is 3.45. The molecule has 1 aromatic heterocycles. The van der Waals surface area contributed by atoms with Gasteiger partial charge in [-0.05, 0) is 31.5 Å². The van der Waals surface area contributed by atoms with Crippen LogP contribution in [0.25, 0.3) is 11.4 Å². The van der Waals surface area contributed by atoms with Gasteiger partial charge in [0.2, 0.25) is 17.6 Å². The third kappa shape index (κ3) is 4.65. The van der Waals surface area contributed by atoms with E-state index < -0.39 is 11.6 Å². The van der Waals surface area contributed by atoms with Crippen molar-refractivity contribution in [1.29, 1.82) is 0 Å². The average Bonchev–Trinajstić information content (AvgIpc) is 3.20. The molecule has 1 aliphatic heterocycles. The second kappa shape index (κ2) is 8.48. The van der Waals surface area contributed by atoms with E-state index in [9.17, 15) is 13.6 Å². The predicted octanol–water partition coefficient (Wildman–Crippen LogP) is 3.87. The van der Waals surface area contributed by atoms with Gasteiger partial charge in [-0.15, -0.1) is 0 Å². The lowest BCUT2D eigenvalue weighted by atomic mass is 9.97. The predicted molar refractivity (Wildman–Crippen MR) is 103 cm³/mol. The summed E-state index contributed by atoms with van der Waals surface area (Å²) >= 11 is 0. The van der Waals surface area contributed by atoms with Crippen LogP contribution in [0, 0.1) is 17.6 Å². The van der Waals surface area contributed by atoms with Crippen LogP contribution >= 0.6 is 0 Å². The van der Waals surface area contributed by atoms with E-state index in [0.717, 1.165) is 37.1 Å². The Labute approximate surface area is 166 Å². The molecule has 0 aliphatic carbocycles. The number of rotatable bonds is 5. The second-order valence-electron chi connectivity index (χ2n) is 7.07. The topological polar surface area (TPSA) is 71.3 Å². The number of hydrogen-bond donors (Lipinski definition) is 1. The van der Waals surface area contributed by atoms with Crippen molar-refractivity contribution >= 4 is 11.6 Å². The SMILES string of the molecule is O=C(Nc1ccc(F)c(F)c1)C1CCCN(Cc2nc(-c3ccccc3)no2)C1. The lowest BCUT2D eigenvalue weighted by Gasteiger charge is -2.30. The van der Waals surface area contributed by atoms with Crippen molar-refractivity contribution < 1.29 is 18.1 Å². The molecular formula is C21H20F2N4O2. The molecule has 2 heterocycles. The zero-order chi connectivity index (χ0) is 20.2. The zero-order valence-corrected chi connectivity index (χ0v) is 15.6. The summed E-state index contributed by atoms with van der Waals surface area (Å²) in [7, 11) is 0. The highest BCUT2D eigenvalue weighted by atomic mass is 19.2. The van der Waals surface area contributed by atoms with Crippen LogP contribution in [-0.2, 0) is 11.3 Å². The molecule has 1 N–H and O–H groups in total. The van der Waals surface area contributed by atoms with E-state index in [0.29, 0.717) is 24.8 Å². The van der Waals surface area contributed by atoms with Gasteiger partial charge in [0.1, 0.15) is 0 Å². The fraction of sp³-hybridized carbons (Fsp3) is 0.286. The van der Waals surface area contributed by atoms with E-state index in [2.05, 4.69) is 20.4 Å². The van der Waals surface area contributed by atoms with Gasteiger partial charge in [0.05, 0.1) is 12.5 Å². The molecule has 3 aromatic rings. The van der Waals surface area contributed by atoms with Crippen molar-refractivity contribution in [3.05, 3.63) is 66.1 Å². The van der Waals surface area contributed by atoms with Gasteiger partial charge >= 0.3 is 0 Å². The Kier molecular flexibility index (Phi) is 5.62. The Morgan fingerprint density at radius 3 is 2.79 bits per heavy atom. The highest BCUT2D eigenvalue weighted by Crippen LogP contribution is 2.22. The maximum Gasteiger partial charge on any atom is 0.241 e. The number of carbonyl (C=O) groups is 1. The van der Waals surface area contributed by atoms with Crippen LogP contribution in [-0.4, -0.2) is 34.0 Å². The summed E-state index contributed by atoms with van der Waals surface area (Å²) in [6, 6.07) is 12.9. The second-order valence-corrected chi connectivity index (χ2v) is 7.07. The summed E-state index contributed by atoms with van der Waals surface area (Å²) in [5, 5.41) is 6.69. The minimum absolute atomic E-state index is 0.212. The number of carbonyl (C=O) groups excluding carboxylic acids is 1. The number of nitrogens with zero attached hydrogens (tertiary/aromatic N) is 3. The van der Waals surface area contributed by atoms with Crippen LogP contribution in [0.4, 0.5) is 14.5 Å². The molecule has 0 saturated carbocycles. The minimum Gasteiger partial charge on any atom is -0.338 e. The summed E-state index contributed by atoms with van der Waals surface area (Å²) in [6.07, 6.45) is 1.57. The van der Waals surface area contributed by atoms with Crippen molar-refractivity contribution in [2.75, 3.05) is 18.4 Å².